The molecule has 0 aliphatic rings. The maximum absolute atomic E-state index is 12.7. The Morgan fingerprint density at radius 3 is 2.84 bits per heavy atom. The Labute approximate surface area is 151 Å². The number of hydrogen-bond donors (Lipinski definition) is 2. The second-order valence-electron chi connectivity index (χ2n) is 5.05. The summed E-state index contributed by atoms with van der Waals surface area (Å²) < 4.78 is 13.4. The van der Waals surface area contributed by atoms with E-state index < -0.39 is 6.67 Å². The van der Waals surface area contributed by atoms with Gasteiger partial charge in [0.2, 0.25) is 0 Å². The van der Waals surface area contributed by atoms with Crippen LogP contribution < -0.4 is 10.6 Å². The monoisotopic (exact) mass is 401 g/mol. The fourth-order valence-electron chi connectivity index (χ4n) is 2.08. The Morgan fingerprint density at radius 1 is 1.16 bits per heavy atom. The molecule has 3 aromatic heterocycles. The normalized spacial score (nSPS) is 10.3. The van der Waals surface area contributed by atoms with Gasteiger partial charge < -0.3 is 10.6 Å². The van der Waals surface area contributed by atoms with Crippen LogP contribution in [0.3, 0.4) is 0 Å². The van der Waals surface area contributed by atoms with Crippen LogP contribution in [0.5, 0.6) is 0 Å². The lowest BCUT2D eigenvalue weighted by Gasteiger charge is -2.08. The van der Waals surface area contributed by atoms with Crippen molar-refractivity contribution in [1.82, 2.24) is 15.0 Å². The van der Waals surface area contributed by atoms with Crippen molar-refractivity contribution in [1.29, 1.82) is 0 Å². The quantitative estimate of drug-likeness (QED) is 0.672. The second-order valence-corrected chi connectivity index (χ2v) is 5.96. The van der Waals surface area contributed by atoms with E-state index in [1.165, 1.54) is 6.20 Å². The maximum atomic E-state index is 12.7. The van der Waals surface area contributed by atoms with Crippen LogP contribution in [0, 0.1) is 0 Å². The van der Waals surface area contributed by atoms with E-state index in [1.54, 1.807) is 48.8 Å². The summed E-state index contributed by atoms with van der Waals surface area (Å²) in [5.74, 6) is 0.593. The fourth-order valence-corrected chi connectivity index (χ4v) is 2.44. The molecule has 0 fully saturated rings. The smallest absolute Gasteiger partial charge is 0.255 e. The number of alkyl halides is 1. The minimum atomic E-state index is -0.647. The van der Waals surface area contributed by atoms with Crippen molar-refractivity contribution in [2.45, 2.75) is 6.67 Å². The Bertz CT molecular complexity index is 905. The van der Waals surface area contributed by atoms with Gasteiger partial charge in [0.15, 0.2) is 0 Å². The van der Waals surface area contributed by atoms with Crippen LogP contribution in [-0.2, 0) is 6.67 Å². The summed E-state index contributed by atoms with van der Waals surface area (Å²) in [5, 5.41) is 5.71. The zero-order chi connectivity index (χ0) is 17.6. The molecule has 3 rings (SSSR count). The van der Waals surface area contributed by atoms with Gasteiger partial charge >= 0.3 is 0 Å². The summed E-state index contributed by atoms with van der Waals surface area (Å²) >= 11 is 3.30. The largest absolute Gasteiger partial charge is 0.325 e. The van der Waals surface area contributed by atoms with Crippen LogP contribution in [0.25, 0.3) is 0 Å². The first-order valence-corrected chi connectivity index (χ1v) is 8.10. The third-order valence-corrected chi connectivity index (χ3v) is 3.62. The molecule has 1 amide bonds. The van der Waals surface area contributed by atoms with Crippen LogP contribution in [0.2, 0.25) is 0 Å². The zero-order valence-corrected chi connectivity index (χ0v) is 14.5. The lowest BCUT2D eigenvalue weighted by atomic mass is 10.2. The molecule has 0 aromatic carbocycles. The van der Waals surface area contributed by atoms with E-state index in [0.29, 0.717) is 28.6 Å². The van der Waals surface area contributed by atoms with Gasteiger partial charge in [-0.15, -0.1) is 0 Å². The molecule has 0 bridgehead atoms. The van der Waals surface area contributed by atoms with Gasteiger partial charge in [0, 0.05) is 22.4 Å². The number of nitrogens with one attached hydrogen (secondary N) is 2. The SMILES string of the molecule is O=C(Nc1cncc(Br)c1)c1ccnc(Nc2cccc(CF)n2)c1. The molecule has 3 heterocycles. The average molecular weight is 402 g/mol. The Morgan fingerprint density at radius 2 is 2.04 bits per heavy atom. The van der Waals surface area contributed by atoms with Gasteiger partial charge in [-0.3, -0.25) is 9.78 Å². The number of carbonyl (C=O) groups is 1. The van der Waals surface area contributed by atoms with Crippen LogP contribution in [0.15, 0.2) is 59.5 Å². The highest BCUT2D eigenvalue weighted by Crippen LogP contribution is 2.17. The molecule has 0 saturated carbocycles. The van der Waals surface area contributed by atoms with Crippen molar-refractivity contribution < 1.29 is 9.18 Å². The van der Waals surface area contributed by atoms with E-state index in [0.717, 1.165) is 4.47 Å². The Balaban J connectivity index is 1.75. The third kappa shape index (κ3) is 4.57. The molecule has 3 aromatic rings. The van der Waals surface area contributed by atoms with Crippen molar-refractivity contribution in [2.24, 2.45) is 0 Å². The number of rotatable bonds is 5. The van der Waals surface area contributed by atoms with E-state index in [2.05, 4.69) is 41.5 Å². The van der Waals surface area contributed by atoms with Crippen LogP contribution in [-0.4, -0.2) is 20.9 Å². The number of carbonyl (C=O) groups excluding carboxylic acids is 1. The fraction of sp³-hybridized carbons (Fsp3) is 0.0588. The van der Waals surface area contributed by atoms with Crippen LogP contribution >= 0.6 is 15.9 Å². The molecule has 0 aliphatic heterocycles. The van der Waals surface area contributed by atoms with E-state index in [1.807, 2.05) is 0 Å². The molecule has 8 heteroatoms. The molecule has 0 saturated heterocycles. The molecule has 0 unspecified atom stereocenters. The first-order chi connectivity index (χ1) is 12.1. The molecule has 0 aliphatic carbocycles. The minimum absolute atomic E-state index is 0.296. The molecule has 25 heavy (non-hydrogen) atoms. The van der Waals surface area contributed by atoms with Crippen molar-refractivity contribution in [2.75, 3.05) is 10.6 Å². The summed E-state index contributed by atoms with van der Waals surface area (Å²) in [6.45, 7) is -0.647. The van der Waals surface area contributed by atoms with Crippen molar-refractivity contribution in [3.8, 4) is 0 Å². The number of hydrogen-bond acceptors (Lipinski definition) is 5. The van der Waals surface area contributed by atoms with Crippen molar-refractivity contribution in [3.05, 3.63) is 70.7 Å². The highest BCUT2D eigenvalue weighted by atomic mass is 79.9. The third-order valence-electron chi connectivity index (χ3n) is 3.18. The van der Waals surface area contributed by atoms with E-state index in [9.17, 15) is 9.18 Å². The predicted octanol–water partition coefficient (Wildman–Crippen LogP) is 4.10. The van der Waals surface area contributed by atoms with Gasteiger partial charge in [-0.25, -0.2) is 14.4 Å². The predicted molar refractivity (Wildman–Crippen MR) is 96.5 cm³/mol. The molecule has 0 spiro atoms. The minimum Gasteiger partial charge on any atom is -0.325 e. The maximum Gasteiger partial charge on any atom is 0.255 e. The van der Waals surface area contributed by atoms with Gasteiger partial charge in [0.25, 0.3) is 5.91 Å². The van der Waals surface area contributed by atoms with Crippen molar-refractivity contribution >= 4 is 39.2 Å². The summed E-state index contributed by atoms with van der Waals surface area (Å²) in [6.07, 6.45) is 4.69. The Kier molecular flexibility index (Phi) is 5.30. The Hall–Kier alpha value is -2.87. The van der Waals surface area contributed by atoms with Crippen molar-refractivity contribution in [3.63, 3.8) is 0 Å². The number of pyridine rings is 3. The number of nitrogens with zero attached hydrogens (tertiary/aromatic N) is 3. The molecule has 0 radical (unpaired) electrons. The van der Waals surface area contributed by atoms with E-state index in [4.69, 9.17) is 0 Å². The highest BCUT2D eigenvalue weighted by Gasteiger charge is 2.09. The lowest BCUT2D eigenvalue weighted by Crippen LogP contribution is -2.12. The number of amides is 1. The topological polar surface area (TPSA) is 79.8 Å². The number of halogens is 2. The molecular formula is C17H13BrFN5O. The number of aromatic nitrogens is 3. The first kappa shape index (κ1) is 17.0. The summed E-state index contributed by atoms with van der Waals surface area (Å²) in [6, 6.07) is 9.91. The van der Waals surface area contributed by atoms with Gasteiger partial charge in [-0.2, -0.15) is 0 Å². The van der Waals surface area contributed by atoms with Gasteiger partial charge in [-0.1, -0.05) is 6.07 Å². The first-order valence-electron chi connectivity index (χ1n) is 7.31. The zero-order valence-electron chi connectivity index (χ0n) is 12.9. The molecule has 0 atom stereocenters. The lowest BCUT2D eigenvalue weighted by molar-refractivity contribution is 0.102. The van der Waals surface area contributed by atoms with Gasteiger partial charge in [0.05, 0.1) is 17.6 Å². The molecule has 6 nitrogen and oxygen atoms in total. The summed E-state index contributed by atoms with van der Waals surface area (Å²) in [5.41, 5.74) is 1.31. The average Bonchev–Trinajstić information content (AvgIpc) is 2.62. The van der Waals surface area contributed by atoms with Crippen LogP contribution in [0.1, 0.15) is 16.1 Å². The molecular weight excluding hydrogens is 389 g/mol. The van der Waals surface area contributed by atoms with E-state index in [-0.39, 0.29) is 5.91 Å². The summed E-state index contributed by atoms with van der Waals surface area (Å²) in [7, 11) is 0. The number of anilines is 3. The summed E-state index contributed by atoms with van der Waals surface area (Å²) in [4.78, 5) is 24.6. The van der Waals surface area contributed by atoms with Gasteiger partial charge in [0.1, 0.15) is 18.3 Å². The standard InChI is InChI=1S/C17H13BrFN5O/c18-12-7-14(10-20-9-12)23-17(25)11-4-5-21-16(6-11)24-15-3-1-2-13(8-19)22-15/h1-7,9-10H,8H2,(H,23,25)(H,21,22,24). The highest BCUT2D eigenvalue weighted by molar-refractivity contribution is 9.10. The molecule has 2 N–H and O–H groups in total. The molecule has 126 valence electrons. The van der Waals surface area contributed by atoms with E-state index >= 15 is 0 Å². The second kappa shape index (κ2) is 7.80. The van der Waals surface area contributed by atoms with Crippen LogP contribution in [0.4, 0.5) is 21.7 Å². The van der Waals surface area contributed by atoms with Gasteiger partial charge in [-0.05, 0) is 46.3 Å².